The number of nitrogens with one attached hydrogen (secondary N) is 1. The Morgan fingerprint density at radius 1 is 0.956 bits per heavy atom. The van der Waals surface area contributed by atoms with E-state index in [9.17, 15) is 35.2 Å². The third-order valence-corrected chi connectivity index (χ3v) is 8.46. The normalized spacial score (nSPS) is 23.7. The number of amides is 1. The van der Waals surface area contributed by atoms with Gasteiger partial charge in [0.15, 0.2) is 12.3 Å². The molecule has 1 saturated heterocycles. The monoisotopic (exact) mass is 640 g/mol. The molecule has 6 N–H and O–H groups in total. The average Bonchev–Trinajstić information content (AvgIpc) is 3.04. The number of para-hydroxylation sites is 1. The van der Waals surface area contributed by atoms with E-state index in [-0.39, 0.29) is 6.42 Å². The minimum atomic E-state index is -1.65. The number of carbonyl (C=O) groups is 1. The first kappa shape index (κ1) is 39.0. The Kier molecular flexibility index (Phi) is 19.4. The largest absolute Gasteiger partial charge is 0.496 e. The number of nitroso groups, excluding NO2 is 1. The van der Waals surface area contributed by atoms with Gasteiger partial charge >= 0.3 is 0 Å². The molecule has 2 rings (SSSR count). The molecular formula is C33H56N2O10. The third kappa shape index (κ3) is 13.6. The van der Waals surface area contributed by atoms with E-state index >= 15 is 0 Å². The summed E-state index contributed by atoms with van der Waals surface area (Å²) in [4.78, 5) is 24.5. The molecule has 0 radical (unpaired) electrons. The number of benzene rings is 1. The molecule has 1 amide bonds. The molecule has 1 heterocycles. The SMILES string of the molecule is CCCCCCCCCCCCCCC(O)C(O)C(COC1OC(CO)C(O)C(O)C1N=O)NC(=O)Cc1ccccc1OC. The first-order chi connectivity index (χ1) is 21.8. The number of carbonyl (C=O) groups excluding carboxylic acids is 1. The van der Waals surface area contributed by atoms with Crippen molar-refractivity contribution in [2.75, 3.05) is 20.3 Å². The first-order valence-corrected chi connectivity index (χ1v) is 16.6. The molecule has 1 aromatic carbocycles. The summed E-state index contributed by atoms with van der Waals surface area (Å²) in [6.45, 7) is 1.16. The van der Waals surface area contributed by atoms with Crippen molar-refractivity contribution in [3.8, 4) is 5.75 Å². The van der Waals surface area contributed by atoms with E-state index in [4.69, 9.17) is 14.2 Å². The molecule has 258 valence electrons. The summed E-state index contributed by atoms with van der Waals surface area (Å²) in [5.41, 5.74) is 0.618. The van der Waals surface area contributed by atoms with Crippen LogP contribution in [0.25, 0.3) is 0 Å². The lowest BCUT2D eigenvalue weighted by Gasteiger charge is -2.39. The van der Waals surface area contributed by atoms with Gasteiger partial charge in [-0.15, -0.1) is 0 Å². The van der Waals surface area contributed by atoms with E-state index in [1.165, 1.54) is 58.5 Å². The van der Waals surface area contributed by atoms with Gasteiger partial charge in [-0.1, -0.05) is 107 Å². The predicted octanol–water partition coefficient (Wildman–Crippen LogP) is 3.13. The molecule has 0 spiro atoms. The number of nitrogens with zero attached hydrogens (tertiary/aromatic N) is 1. The van der Waals surface area contributed by atoms with Gasteiger partial charge in [0.25, 0.3) is 0 Å². The average molecular weight is 641 g/mol. The standard InChI is InChI=1S/C33H56N2O10/c1-3-4-5-6-7-8-9-10-11-12-13-14-18-25(37)30(39)24(34-28(38)20-23-17-15-16-19-26(23)43-2)22-44-33-29(35-42)32(41)31(40)27(21-36)45-33/h15-17,19,24-25,27,29-33,36-37,39-41H,3-14,18,20-22H2,1-2H3,(H,34,38). The van der Waals surface area contributed by atoms with Crippen molar-refractivity contribution in [2.24, 2.45) is 5.18 Å². The Bertz CT molecular complexity index is 954. The van der Waals surface area contributed by atoms with Gasteiger partial charge in [0.1, 0.15) is 30.2 Å². The van der Waals surface area contributed by atoms with Gasteiger partial charge < -0.3 is 45.1 Å². The van der Waals surface area contributed by atoms with Crippen LogP contribution in [0.4, 0.5) is 0 Å². The van der Waals surface area contributed by atoms with Gasteiger partial charge in [0.05, 0.1) is 38.9 Å². The summed E-state index contributed by atoms with van der Waals surface area (Å²) in [5, 5.41) is 57.3. The molecule has 1 fully saturated rings. The van der Waals surface area contributed by atoms with Crippen molar-refractivity contribution >= 4 is 5.91 Å². The molecule has 0 aromatic heterocycles. The van der Waals surface area contributed by atoms with E-state index in [0.717, 1.165) is 19.3 Å². The molecule has 12 heteroatoms. The van der Waals surface area contributed by atoms with Crippen LogP contribution in [0.15, 0.2) is 29.4 Å². The van der Waals surface area contributed by atoms with Gasteiger partial charge in [-0.2, -0.15) is 4.91 Å². The second-order valence-corrected chi connectivity index (χ2v) is 12.0. The number of hydrogen-bond donors (Lipinski definition) is 6. The number of hydrogen-bond acceptors (Lipinski definition) is 11. The molecule has 0 bridgehead atoms. The summed E-state index contributed by atoms with van der Waals surface area (Å²) in [5.74, 6) is 0.0501. The maximum absolute atomic E-state index is 13.0. The molecule has 8 atom stereocenters. The molecule has 45 heavy (non-hydrogen) atoms. The van der Waals surface area contributed by atoms with Crippen LogP contribution in [0.3, 0.4) is 0 Å². The van der Waals surface area contributed by atoms with Gasteiger partial charge in [-0.3, -0.25) is 4.79 Å². The lowest BCUT2D eigenvalue weighted by molar-refractivity contribution is -0.268. The highest BCUT2D eigenvalue weighted by atomic mass is 16.7. The van der Waals surface area contributed by atoms with E-state index < -0.39 is 68.0 Å². The summed E-state index contributed by atoms with van der Waals surface area (Å²) in [6.07, 6.45) is 5.75. The van der Waals surface area contributed by atoms with E-state index in [0.29, 0.717) is 24.2 Å². The molecule has 1 aliphatic rings. The van der Waals surface area contributed by atoms with Crippen molar-refractivity contribution in [1.82, 2.24) is 5.32 Å². The van der Waals surface area contributed by atoms with Crippen LogP contribution in [-0.2, 0) is 20.7 Å². The third-order valence-electron chi connectivity index (χ3n) is 8.46. The van der Waals surface area contributed by atoms with Gasteiger partial charge in [-0.25, -0.2) is 0 Å². The molecule has 1 aromatic rings. The highest BCUT2D eigenvalue weighted by Gasteiger charge is 2.46. The minimum absolute atomic E-state index is 0.0714. The van der Waals surface area contributed by atoms with E-state index in [1.54, 1.807) is 24.3 Å². The van der Waals surface area contributed by atoms with Crippen LogP contribution < -0.4 is 10.1 Å². The maximum Gasteiger partial charge on any atom is 0.224 e. The molecule has 0 aliphatic carbocycles. The van der Waals surface area contributed by atoms with Gasteiger partial charge in [-0.05, 0) is 12.5 Å². The summed E-state index contributed by atoms with van der Waals surface area (Å²) in [6, 6.07) is 4.37. The summed E-state index contributed by atoms with van der Waals surface area (Å²) in [7, 11) is 1.50. The van der Waals surface area contributed by atoms with Crippen molar-refractivity contribution in [3.63, 3.8) is 0 Å². The minimum Gasteiger partial charge on any atom is -0.496 e. The van der Waals surface area contributed by atoms with Crippen molar-refractivity contribution in [1.29, 1.82) is 0 Å². The van der Waals surface area contributed by atoms with Crippen LogP contribution in [-0.4, -0.2) is 101 Å². The van der Waals surface area contributed by atoms with Crippen molar-refractivity contribution < 1.29 is 44.5 Å². The highest BCUT2D eigenvalue weighted by Crippen LogP contribution is 2.25. The zero-order valence-corrected chi connectivity index (χ0v) is 27.0. The summed E-state index contributed by atoms with van der Waals surface area (Å²) < 4.78 is 16.4. The number of aliphatic hydroxyl groups is 5. The molecule has 1 aliphatic heterocycles. The molecule has 8 unspecified atom stereocenters. The number of unbranched alkanes of at least 4 members (excludes halogenated alkanes) is 11. The van der Waals surface area contributed by atoms with Crippen LogP contribution in [0.2, 0.25) is 0 Å². The lowest BCUT2D eigenvalue weighted by atomic mass is 9.97. The topological polar surface area (TPSA) is 187 Å². The Labute approximate surface area is 267 Å². The molecule has 12 nitrogen and oxygen atoms in total. The Morgan fingerprint density at radius 3 is 2.13 bits per heavy atom. The Hall–Kier alpha value is -2.19. The predicted molar refractivity (Wildman–Crippen MR) is 170 cm³/mol. The maximum atomic E-state index is 13.0. The quantitative estimate of drug-likeness (QED) is 0.0724. The fraction of sp³-hybridized carbons (Fsp3) is 0.788. The zero-order valence-electron chi connectivity index (χ0n) is 27.0. The van der Waals surface area contributed by atoms with Gasteiger partial charge in [0.2, 0.25) is 5.91 Å². The number of ether oxygens (including phenoxy) is 3. The number of aliphatic hydroxyl groups excluding tert-OH is 5. The fourth-order valence-corrected chi connectivity index (χ4v) is 5.65. The van der Waals surface area contributed by atoms with Crippen LogP contribution in [0, 0.1) is 4.91 Å². The van der Waals surface area contributed by atoms with Crippen LogP contribution in [0.1, 0.15) is 96.0 Å². The summed E-state index contributed by atoms with van der Waals surface area (Å²) >= 11 is 0. The zero-order chi connectivity index (χ0) is 33.0. The van der Waals surface area contributed by atoms with Crippen LogP contribution >= 0.6 is 0 Å². The highest BCUT2D eigenvalue weighted by molar-refractivity contribution is 5.79. The fourth-order valence-electron chi connectivity index (χ4n) is 5.65. The second-order valence-electron chi connectivity index (χ2n) is 12.0. The van der Waals surface area contributed by atoms with Gasteiger partial charge in [0, 0.05) is 5.56 Å². The lowest BCUT2D eigenvalue weighted by Crippen LogP contribution is -2.59. The Balaban J connectivity index is 1.92. The van der Waals surface area contributed by atoms with E-state index in [2.05, 4.69) is 17.4 Å². The number of methoxy groups -OCH3 is 1. The van der Waals surface area contributed by atoms with Crippen molar-refractivity contribution in [2.45, 2.75) is 146 Å². The molecular weight excluding hydrogens is 584 g/mol. The number of rotatable bonds is 24. The van der Waals surface area contributed by atoms with E-state index in [1.807, 2.05) is 0 Å². The first-order valence-electron chi connectivity index (χ1n) is 16.6. The van der Waals surface area contributed by atoms with Crippen molar-refractivity contribution in [3.05, 3.63) is 34.7 Å². The molecule has 0 saturated carbocycles. The Morgan fingerprint density at radius 2 is 1.56 bits per heavy atom. The second kappa shape index (κ2) is 22.4. The van der Waals surface area contributed by atoms with Crippen LogP contribution in [0.5, 0.6) is 5.75 Å². The smallest absolute Gasteiger partial charge is 0.224 e.